The van der Waals surface area contributed by atoms with E-state index in [0.29, 0.717) is 24.7 Å². The van der Waals surface area contributed by atoms with Crippen LogP contribution in [-0.4, -0.2) is 40.0 Å². The zero-order chi connectivity index (χ0) is 16.0. The first-order valence-electron chi connectivity index (χ1n) is 7.29. The van der Waals surface area contributed by atoms with Crippen LogP contribution in [0.3, 0.4) is 0 Å². The van der Waals surface area contributed by atoms with Crippen LogP contribution in [0.15, 0.2) is 4.52 Å². The fraction of sp³-hybridized carbons (Fsp3) is 0.786. The van der Waals surface area contributed by atoms with E-state index in [0.717, 1.165) is 0 Å². The van der Waals surface area contributed by atoms with Gasteiger partial charge in [-0.25, -0.2) is 4.79 Å². The van der Waals surface area contributed by atoms with E-state index in [1.807, 2.05) is 27.7 Å². The molecule has 0 bridgehead atoms. The lowest BCUT2D eigenvalue weighted by molar-refractivity contribution is 0.0166. The van der Waals surface area contributed by atoms with Gasteiger partial charge in [0.05, 0.1) is 5.60 Å². The molecule has 7 nitrogen and oxygen atoms in total. The quantitative estimate of drug-likeness (QED) is 0.707. The van der Waals surface area contributed by atoms with Crippen molar-refractivity contribution < 1.29 is 14.4 Å². The second-order valence-corrected chi connectivity index (χ2v) is 6.07. The Morgan fingerprint density at radius 1 is 1.33 bits per heavy atom. The van der Waals surface area contributed by atoms with Crippen molar-refractivity contribution in [3.05, 3.63) is 11.7 Å². The summed E-state index contributed by atoms with van der Waals surface area (Å²) in [6, 6.07) is -0.320. The van der Waals surface area contributed by atoms with Gasteiger partial charge in [0, 0.05) is 25.4 Å². The third-order valence-electron chi connectivity index (χ3n) is 3.48. The van der Waals surface area contributed by atoms with Crippen LogP contribution in [0.25, 0.3) is 0 Å². The Balaban J connectivity index is 2.27. The molecule has 7 heteroatoms. The zero-order valence-electron chi connectivity index (χ0n) is 13.4. The van der Waals surface area contributed by atoms with Gasteiger partial charge >= 0.3 is 6.03 Å². The summed E-state index contributed by atoms with van der Waals surface area (Å²) in [6.07, 6.45) is 0.480. The van der Waals surface area contributed by atoms with Gasteiger partial charge in [0.15, 0.2) is 5.82 Å². The maximum Gasteiger partial charge on any atom is 0.314 e. The number of aliphatic hydroxyl groups is 1. The van der Waals surface area contributed by atoms with Crippen LogP contribution in [0.1, 0.15) is 52.3 Å². The van der Waals surface area contributed by atoms with Crippen LogP contribution in [-0.2, 0) is 6.42 Å². The number of hydrogen-bond acceptors (Lipinski definition) is 5. The first-order valence-corrected chi connectivity index (χ1v) is 7.29. The van der Waals surface area contributed by atoms with Crippen LogP contribution in [0.5, 0.6) is 0 Å². The van der Waals surface area contributed by atoms with Crippen molar-refractivity contribution in [3.63, 3.8) is 0 Å². The third kappa shape index (κ3) is 5.71. The average Bonchev–Trinajstić information content (AvgIpc) is 2.85. The smallest absolute Gasteiger partial charge is 0.314 e. The zero-order valence-corrected chi connectivity index (χ0v) is 13.4. The number of aromatic nitrogens is 2. The Hall–Kier alpha value is -1.63. The van der Waals surface area contributed by atoms with Crippen molar-refractivity contribution in [3.8, 4) is 0 Å². The molecule has 0 spiro atoms. The summed E-state index contributed by atoms with van der Waals surface area (Å²) in [7, 11) is 0. The lowest BCUT2D eigenvalue weighted by Crippen LogP contribution is -2.47. The molecule has 0 fully saturated rings. The van der Waals surface area contributed by atoms with Gasteiger partial charge in [-0.05, 0) is 12.8 Å². The molecule has 3 N–H and O–H groups in total. The number of amides is 2. The van der Waals surface area contributed by atoms with Gasteiger partial charge < -0.3 is 20.3 Å². The molecule has 2 amide bonds. The summed E-state index contributed by atoms with van der Waals surface area (Å²) >= 11 is 0. The summed E-state index contributed by atoms with van der Waals surface area (Å²) in [5.41, 5.74) is -0.921. The lowest BCUT2D eigenvalue weighted by atomic mass is 9.93. The summed E-state index contributed by atoms with van der Waals surface area (Å²) in [6.45, 7) is 10.1. The van der Waals surface area contributed by atoms with E-state index in [1.54, 1.807) is 6.92 Å². The highest BCUT2D eigenvalue weighted by Gasteiger charge is 2.25. The average molecular weight is 298 g/mol. The van der Waals surface area contributed by atoms with Crippen LogP contribution < -0.4 is 10.6 Å². The highest BCUT2D eigenvalue weighted by molar-refractivity contribution is 5.73. The molecule has 0 aromatic carbocycles. The monoisotopic (exact) mass is 298 g/mol. The van der Waals surface area contributed by atoms with Crippen molar-refractivity contribution in [2.45, 2.75) is 52.6 Å². The first-order chi connectivity index (χ1) is 9.72. The minimum absolute atomic E-state index is 0.0608. The van der Waals surface area contributed by atoms with E-state index >= 15 is 0 Å². The SMILES string of the molecule is CC(C)c1noc(CCNC(=O)NCC(C)(O)C(C)C)n1. The Kier molecular flexibility index (Phi) is 6.14. The van der Waals surface area contributed by atoms with E-state index in [1.165, 1.54) is 0 Å². The van der Waals surface area contributed by atoms with E-state index in [-0.39, 0.29) is 24.4 Å². The Morgan fingerprint density at radius 2 is 2.00 bits per heavy atom. The normalized spacial score (nSPS) is 14.3. The molecule has 21 heavy (non-hydrogen) atoms. The van der Waals surface area contributed by atoms with Crippen LogP contribution in [0.2, 0.25) is 0 Å². The highest BCUT2D eigenvalue weighted by Crippen LogP contribution is 2.14. The number of nitrogens with one attached hydrogen (secondary N) is 2. The fourth-order valence-electron chi connectivity index (χ4n) is 1.41. The van der Waals surface area contributed by atoms with Crippen molar-refractivity contribution in [1.29, 1.82) is 0 Å². The Morgan fingerprint density at radius 3 is 2.52 bits per heavy atom. The number of carbonyl (C=O) groups excluding carboxylic acids is 1. The molecule has 1 aromatic heterocycles. The van der Waals surface area contributed by atoms with Gasteiger partial charge in [-0.3, -0.25) is 0 Å². The van der Waals surface area contributed by atoms with Gasteiger partial charge in [-0.15, -0.1) is 0 Å². The molecular formula is C14H26N4O3. The largest absolute Gasteiger partial charge is 0.388 e. The lowest BCUT2D eigenvalue weighted by Gasteiger charge is -2.27. The van der Waals surface area contributed by atoms with Gasteiger partial charge in [0.2, 0.25) is 5.89 Å². The second-order valence-electron chi connectivity index (χ2n) is 6.07. The number of carbonyl (C=O) groups is 1. The van der Waals surface area contributed by atoms with Gasteiger partial charge in [-0.2, -0.15) is 4.98 Å². The number of nitrogens with zero attached hydrogens (tertiary/aromatic N) is 2. The van der Waals surface area contributed by atoms with E-state index < -0.39 is 5.60 Å². The molecule has 0 aliphatic rings. The maximum absolute atomic E-state index is 11.6. The minimum atomic E-state index is -0.921. The van der Waals surface area contributed by atoms with Crippen LogP contribution in [0, 0.1) is 5.92 Å². The summed E-state index contributed by atoms with van der Waals surface area (Å²) in [5.74, 6) is 1.46. The molecule has 0 radical (unpaired) electrons. The summed E-state index contributed by atoms with van der Waals surface area (Å²) < 4.78 is 5.08. The van der Waals surface area contributed by atoms with E-state index in [2.05, 4.69) is 20.8 Å². The van der Waals surface area contributed by atoms with E-state index in [4.69, 9.17) is 4.52 Å². The molecule has 0 aliphatic carbocycles. The summed E-state index contributed by atoms with van der Waals surface area (Å²) in [4.78, 5) is 15.8. The topological polar surface area (TPSA) is 100 Å². The molecule has 0 aliphatic heterocycles. The molecule has 0 saturated carbocycles. The van der Waals surface area contributed by atoms with Crippen molar-refractivity contribution >= 4 is 6.03 Å². The maximum atomic E-state index is 11.6. The molecule has 1 atom stereocenters. The number of rotatable bonds is 7. The molecule has 1 aromatic rings. The van der Waals surface area contributed by atoms with Crippen molar-refractivity contribution in [1.82, 2.24) is 20.8 Å². The van der Waals surface area contributed by atoms with Crippen molar-refractivity contribution in [2.75, 3.05) is 13.1 Å². The first kappa shape index (κ1) is 17.4. The molecular weight excluding hydrogens is 272 g/mol. The number of urea groups is 1. The predicted molar refractivity (Wildman–Crippen MR) is 79.0 cm³/mol. The molecule has 1 heterocycles. The van der Waals surface area contributed by atoms with Crippen molar-refractivity contribution in [2.24, 2.45) is 5.92 Å². The van der Waals surface area contributed by atoms with Gasteiger partial charge in [-0.1, -0.05) is 32.9 Å². The predicted octanol–water partition coefficient (Wildman–Crippen LogP) is 1.44. The molecule has 1 rings (SSSR count). The van der Waals surface area contributed by atoms with Crippen LogP contribution in [0.4, 0.5) is 4.79 Å². The standard InChI is InChI=1S/C14H26N4O3/c1-9(2)12-17-11(21-18-12)6-7-15-13(19)16-8-14(5,20)10(3)4/h9-10,20H,6-8H2,1-5H3,(H2,15,16,19). The molecule has 120 valence electrons. The van der Waals surface area contributed by atoms with Gasteiger partial charge in [0.25, 0.3) is 0 Å². The molecule has 1 unspecified atom stereocenters. The summed E-state index contributed by atoms with van der Waals surface area (Å²) in [5, 5.41) is 19.2. The Bertz CT molecular complexity index is 455. The van der Waals surface area contributed by atoms with E-state index in [9.17, 15) is 9.90 Å². The second kappa shape index (κ2) is 7.40. The highest BCUT2D eigenvalue weighted by atomic mass is 16.5. The third-order valence-corrected chi connectivity index (χ3v) is 3.48. The number of hydrogen-bond donors (Lipinski definition) is 3. The minimum Gasteiger partial charge on any atom is -0.388 e. The van der Waals surface area contributed by atoms with Gasteiger partial charge in [0.1, 0.15) is 0 Å². The Labute approximate surface area is 125 Å². The van der Waals surface area contributed by atoms with Crippen LogP contribution >= 0.6 is 0 Å². The molecule has 0 saturated heterocycles. The fourth-order valence-corrected chi connectivity index (χ4v) is 1.41.